The van der Waals surface area contributed by atoms with E-state index in [1.807, 2.05) is 42.5 Å². The fraction of sp³-hybridized carbons (Fsp3) is 0.125. The molecule has 2 rings (SSSR count). The van der Waals surface area contributed by atoms with Crippen LogP contribution in [0.25, 0.3) is 0 Å². The highest BCUT2D eigenvalue weighted by Crippen LogP contribution is 2.17. The van der Waals surface area contributed by atoms with Gasteiger partial charge >= 0.3 is 0 Å². The molecule has 0 radical (unpaired) electrons. The molecular formula is C16H16ClN3OS2. The van der Waals surface area contributed by atoms with Gasteiger partial charge < -0.3 is 5.32 Å². The molecule has 3 N–H and O–H groups in total. The predicted molar refractivity (Wildman–Crippen MR) is 101 cm³/mol. The molecule has 0 saturated heterocycles. The van der Waals surface area contributed by atoms with Gasteiger partial charge in [0.1, 0.15) is 0 Å². The zero-order chi connectivity index (χ0) is 16.5. The molecule has 0 atom stereocenters. The van der Waals surface area contributed by atoms with Crippen molar-refractivity contribution in [1.82, 2.24) is 10.9 Å². The molecule has 0 aromatic heterocycles. The van der Waals surface area contributed by atoms with Gasteiger partial charge in [-0.05, 0) is 42.5 Å². The van der Waals surface area contributed by atoms with Crippen LogP contribution in [0.3, 0.4) is 0 Å². The minimum absolute atomic E-state index is 0.122. The van der Waals surface area contributed by atoms with Crippen molar-refractivity contribution in [3.63, 3.8) is 0 Å². The summed E-state index contributed by atoms with van der Waals surface area (Å²) in [6.45, 7) is 0. The van der Waals surface area contributed by atoms with E-state index in [1.165, 1.54) is 0 Å². The Morgan fingerprint density at radius 2 is 1.87 bits per heavy atom. The number of nitrogens with one attached hydrogen (secondary N) is 3. The lowest BCUT2D eigenvalue weighted by Crippen LogP contribution is -2.43. The summed E-state index contributed by atoms with van der Waals surface area (Å²) in [6, 6.07) is 17.1. The van der Waals surface area contributed by atoms with E-state index in [2.05, 4.69) is 16.2 Å². The quantitative estimate of drug-likeness (QED) is 0.427. The molecule has 23 heavy (non-hydrogen) atoms. The summed E-state index contributed by atoms with van der Waals surface area (Å²) in [5.41, 5.74) is 5.99. The van der Waals surface area contributed by atoms with E-state index in [0.29, 0.717) is 22.3 Å². The number of rotatable bonds is 5. The van der Waals surface area contributed by atoms with Crippen LogP contribution in [0.1, 0.15) is 6.42 Å². The Hall–Kier alpha value is -1.76. The van der Waals surface area contributed by atoms with Crippen LogP contribution >= 0.6 is 35.6 Å². The lowest BCUT2D eigenvalue weighted by Gasteiger charge is -2.11. The number of anilines is 1. The third kappa shape index (κ3) is 6.90. The second-order valence-electron chi connectivity index (χ2n) is 4.55. The fourth-order valence-electron chi connectivity index (χ4n) is 1.70. The van der Waals surface area contributed by atoms with Gasteiger partial charge in [0.25, 0.3) is 0 Å². The molecule has 0 bridgehead atoms. The van der Waals surface area contributed by atoms with Crippen LogP contribution in [-0.4, -0.2) is 16.8 Å². The van der Waals surface area contributed by atoms with E-state index in [4.69, 9.17) is 23.8 Å². The van der Waals surface area contributed by atoms with Crippen molar-refractivity contribution in [2.24, 2.45) is 0 Å². The molecule has 120 valence electrons. The topological polar surface area (TPSA) is 53.2 Å². The Labute approximate surface area is 150 Å². The molecule has 0 unspecified atom stereocenters. The molecule has 2 aromatic rings. The second-order valence-corrected chi connectivity index (χ2v) is 6.56. The van der Waals surface area contributed by atoms with Gasteiger partial charge in [-0.3, -0.25) is 15.6 Å². The van der Waals surface area contributed by atoms with Crippen LogP contribution in [0.2, 0.25) is 5.02 Å². The molecule has 0 heterocycles. The van der Waals surface area contributed by atoms with Crippen LogP contribution in [0, 0.1) is 0 Å². The first-order valence-electron chi connectivity index (χ1n) is 6.93. The molecule has 0 fully saturated rings. The number of carbonyl (C=O) groups excluding carboxylic acids is 1. The van der Waals surface area contributed by atoms with E-state index >= 15 is 0 Å². The standard InChI is InChI=1S/C16H16ClN3OS2/c17-12-5-4-6-13(11-12)18-16(22)20-19-15(21)9-10-23-14-7-2-1-3-8-14/h1-8,11H,9-10H2,(H,19,21)(H2,18,20,22). The molecule has 0 saturated carbocycles. The summed E-state index contributed by atoms with van der Waals surface area (Å²) in [4.78, 5) is 12.9. The van der Waals surface area contributed by atoms with Crippen molar-refractivity contribution < 1.29 is 4.79 Å². The molecule has 2 aromatic carbocycles. The third-order valence-electron chi connectivity index (χ3n) is 2.74. The zero-order valence-corrected chi connectivity index (χ0v) is 14.6. The van der Waals surface area contributed by atoms with Gasteiger partial charge in [-0.25, -0.2) is 0 Å². The first-order chi connectivity index (χ1) is 11.1. The van der Waals surface area contributed by atoms with Crippen LogP contribution in [0.4, 0.5) is 5.69 Å². The van der Waals surface area contributed by atoms with E-state index in [9.17, 15) is 4.79 Å². The number of hydrazine groups is 1. The predicted octanol–water partition coefficient (Wildman–Crippen LogP) is 3.84. The number of carbonyl (C=O) groups is 1. The first kappa shape index (κ1) is 17.6. The van der Waals surface area contributed by atoms with Crippen LogP contribution in [0.15, 0.2) is 59.5 Å². The lowest BCUT2D eigenvalue weighted by molar-refractivity contribution is -0.121. The Kier molecular flexibility index (Phi) is 7.19. The van der Waals surface area contributed by atoms with Gasteiger partial charge in [-0.2, -0.15) is 0 Å². The van der Waals surface area contributed by atoms with E-state index in [1.54, 1.807) is 23.9 Å². The summed E-state index contributed by atoms with van der Waals surface area (Å²) in [6.07, 6.45) is 0.395. The normalized spacial score (nSPS) is 9.96. The number of thioether (sulfide) groups is 1. The highest BCUT2D eigenvalue weighted by atomic mass is 35.5. The van der Waals surface area contributed by atoms with Crippen LogP contribution < -0.4 is 16.2 Å². The summed E-state index contributed by atoms with van der Waals surface area (Å²) >= 11 is 12.6. The number of hydrogen-bond donors (Lipinski definition) is 3. The molecule has 0 aliphatic rings. The molecular weight excluding hydrogens is 350 g/mol. The number of halogens is 1. The molecule has 1 amide bonds. The van der Waals surface area contributed by atoms with Crippen molar-refractivity contribution in [1.29, 1.82) is 0 Å². The smallest absolute Gasteiger partial charge is 0.239 e. The monoisotopic (exact) mass is 365 g/mol. The van der Waals surface area contributed by atoms with Crippen LogP contribution in [-0.2, 0) is 4.79 Å². The Balaban J connectivity index is 1.65. The van der Waals surface area contributed by atoms with Gasteiger partial charge in [0.05, 0.1) is 0 Å². The molecule has 7 heteroatoms. The zero-order valence-electron chi connectivity index (χ0n) is 12.2. The number of thiocarbonyl (C=S) groups is 1. The molecule has 0 aliphatic carbocycles. The lowest BCUT2D eigenvalue weighted by atomic mass is 10.3. The van der Waals surface area contributed by atoms with Gasteiger partial charge in [0, 0.05) is 27.8 Å². The Morgan fingerprint density at radius 1 is 1.09 bits per heavy atom. The number of benzene rings is 2. The minimum atomic E-state index is -0.122. The van der Waals surface area contributed by atoms with Crippen LogP contribution in [0.5, 0.6) is 0 Å². The van der Waals surface area contributed by atoms with Crippen molar-refractivity contribution in [2.75, 3.05) is 11.1 Å². The average Bonchev–Trinajstić information content (AvgIpc) is 2.54. The Morgan fingerprint density at radius 3 is 2.61 bits per heavy atom. The van der Waals surface area contributed by atoms with Gasteiger partial charge in [-0.15, -0.1) is 11.8 Å². The highest BCUT2D eigenvalue weighted by molar-refractivity contribution is 7.99. The van der Waals surface area contributed by atoms with Gasteiger partial charge in [0.15, 0.2) is 5.11 Å². The number of hydrogen-bond acceptors (Lipinski definition) is 3. The maximum Gasteiger partial charge on any atom is 0.239 e. The van der Waals surface area contributed by atoms with Crippen molar-refractivity contribution in [3.05, 3.63) is 59.6 Å². The third-order valence-corrected chi connectivity index (χ3v) is 4.19. The largest absolute Gasteiger partial charge is 0.331 e. The summed E-state index contributed by atoms with van der Waals surface area (Å²) < 4.78 is 0. The molecule has 0 spiro atoms. The van der Waals surface area contributed by atoms with Crippen molar-refractivity contribution in [2.45, 2.75) is 11.3 Å². The summed E-state index contributed by atoms with van der Waals surface area (Å²) in [5, 5.41) is 3.85. The molecule has 0 aliphatic heterocycles. The van der Waals surface area contributed by atoms with Crippen molar-refractivity contribution >= 4 is 52.3 Å². The maximum atomic E-state index is 11.7. The van der Waals surface area contributed by atoms with Gasteiger partial charge in [-0.1, -0.05) is 35.9 Å². The second kappa shape index (κ2) is 9.39. The average molecular weight is 366 g/mol. The maximum absolute atomic E-state index is 11.7. The SMILES string of the molecule is O=C(CCSc1ccccc1)NNC(=S)Nc1cccc(Cl)c1. The summed E-state index contributed by atoms with van der Waals surface area (Å²) in [5.74, 6) is 0.579. The Bertz CT molecular complexity index is 667. The number of amides is 1. The minimum Gasteiger partial charge on any atom is -0.331 e. The van der Waals surface area contributed by atoms with Crippen molar-refractivity contribution in [3.8, 4) is 0 Å². The fourth-order valence-corrected chi connectivity index (χ4v) is 2.93. The first-order valence-corrected chi connectivity index (χ1v) is 8.70. The summed E-state index contributed by atoms with van der Waals surface area (Å²) in [7, 11) is 0. The highest BCUT2D eigenvalue weighted by Gasteiger charge is 2.03. The van der Waals surface area contributed by atoms with E-state index in [0.717, 1.165) is 10.6 Å². The van der Waals surface area contributed by atoms with E-state index in [-0.39, 0.29) is 5.91 Å². The molecule has 4 nitrogen and oxygen atoms in total. The van der Waals surface area contributed by atoms with E-state index < -0.39 is 0 Å². The van der Waals surface area contributed by atoms with Gasteiger partial charge in [0.2, 0.25) is 5.91 Å².